The molecule has 0 saturated carbocycles. The molecule has 0 unspecified atom stereocenters. The van der Waals surface area contributed by atoms with Gasteiger partial charge in [-0.15, -0.1) is 0 Å². The highest BCUT2D eigenvalue weighted by Gasteiger charge is 2.20. The molecule has 0 aromatic rings. The first-order chi connectivity index (χ1) is 7.22. The molecule has 0 aromatic heterocycles. The second-order valence-electron chi connectivity index (χ2n) is 2.96. The van der Waals surface area contributed by atoms with Gasteiger partial charge in [0, 0.05) is 5.57 Å². The summed E-state index contributed by atoms with van der Waals surface area (Å²) in [5, 5.41) is 0. The summed E-state index contributed by atoms with van der Waals surface area (Å²) < 4.78 is 19.4. The summed E-state index contributed by atoms with van der Waals surface area (Å²) in [7, 11) is -4.40. The molecule has 0 saturated heterocycles. The molecule has 0 radical (unpaired) electrons. The first kappa shape index (κ1) is 14.8. The molecule has 7 nitrogen and oxygen atoms in total. The summed E-state index contributed by atoms with van der Waals surface area (Å²) in [4.78, 5) is 38.4. The lowest BCUT2D eigenvalue weighted by atomic mass is 10.4. The number of ether oxygens (including phenoxy) is 2. The fourth-order valence-electron chi connectivity index (χ4n) is 0.627. The van der Waals surface area contributed by atoms with Crippen molar-refractivity contribution in [2.45, 2.75) is 6.92 Å². The second-order valence-corrected chi connectivity index (χ2v) is 4.61. The number of carbonyl (C=O) groups excluding carboxylic acids is 2. The van der Waals surface area contributed by atoms with Crippen LogP contribution in [0.3, 0.4) is 0 Å². The van der Waals surface area contributed by atoms with E-state index in [1.807, 2.05) is 0 Å². The first-order valence-electron chi connectivity index (χ1n) is 4.25. The van der Waals surface area contributed by atoms with E-state index in [1.54, 1.807) is 0 Å². The van der Waals surface area contributed by atoms with Crippen molar-refractivity contribution in [3.63, 3.8) is 0 Å². The van der Waals surface area contributed by atoms with Crippen LogP contribution in [0.15, 0.2) is 12.2 Å². The highest BCUT2D eigenvalue weighted by atomic mass is 31.2. The van der Waals surface area contributed by atoms with Gasteiger partial charge in [0.25, 0.3) is 0 Å². The van der Waals surface area contributed by atoms with E-state index in [9.17, 15) is 14.2 Å². The van der Waals surface area contributed by atoms with E-state index >= 15 is 0 Å². The third kappa shape index (κ3) is 8.16. The van der Waals surface area contributed by atoms with Gasteiger partial charge in [0.15, 0.2) is 0 Å². The lowest BCUT2D eigenvalue weighted by molar-refractivity contribution is -0.148. The maximum atomic E-state index is 10.8. The molecular formula is C8H13O7P. The average Bonchev–Trinajstić information content (AvgIpc) is 2.08. The molecule has 0 aliphatic rings. The number of hydrogen-bond acceptors (Lipinski definition) is 5. The molecule has 2 N–H and O–H groups in total. The van der Waals surface area contributed by atoms with Gasteiger partial charge < -0.3 is 19.3 Å². The van der Waals surface area contributed by atoms with E-state index < -0.39 is 25.7 Å². The van der Waals surface area contributed by atoms with Crippen LogP contribution >= 0.6 is 7.60 Å². The van der Waals surface area contributed by atoms with Crippen LogP contribution in [0.25, 0.3) is 0 Å². The molecule has 0 spiro atoms. The van der Waals surface area contributed by atoms with Crippen molar-refractivity contribution in [2.75, 3.05) is 19.4 Å². The zero-order chi connectivity index (χ0) is 12.8. The van der Waals surface area contributed by atoms with Crippen LogP contribution in [0, 0.1) is 0 Å². The van der Waals surface area contributed by atoms with Gasteiger partial charge in [-0.05, 0) is 6.92 Å². The molecule has 0 bridgehead atoms. The number of carbonyl (C=O) groups is 2. The van der Waals surface area contributed by atoms with Crippen molar-refractivity contribution in [2.24, 2.45) is 0 Å². The standard InChI is InChI=1S/C8H13O7P/c1-6(2)8(10)15-4-3-14-7(9)5-16(11,12)13/h1,3-5H2,2H3,(H2,11,12,13). The number of rotatable bonds is 6. The van der Waals surface area contributed by atoms with E-state index in [1.165, 1.54) is 6.92 Å². The van der Waals surface area contributed by atoms with Crippen LogP contribution < -0.4 is 0 Å². The van der Waals surface area contributed by atoms with Gasteiger partial charge in [-0.25, -0.2) is 4.79 Å². The van der Waals surface area contributed by atoms with Crippen LogP contribution in [0.1, 0.15) is 6.92 Å². The molecule has 0 rings (SSSR count). The topological polar surface area (TPSA) is 110 Å². The van der Waals surface area contributed by atoms with Crippen LogP contribution in [0.5, 0.6) is 0 Å². The summed E-state index contributed by atoms with van der Waals surface area (Å²) in [6.07, 6.45) is -0.985. The highest BCUT2D eigenvalue weighted by molar-refractivity contribution is 7.52. The summed E-state index contributed by atoms with van der Waals surface area (Å²) in [5.41, 5.74) is 0.210. The molecule has 0 fully saturated rings. The molecule has 0 aliphatic heterocycles. The average molecular weight is 252 g/mol. The van der Waals surface area contributed by atoms with Crippen molar-refractivity contribution in [1.82, 2.24) is 0 Å². The predicted molar refractivity (Wildman–Crippen MR) is 53.6 cm³/mol. The molecule has 16 heavy (non-hydrogen) atoms. The van der Waals surface area contributed by atoms with E-state index in [0.29, 0.717) is 0 Å². The van der Waals surface area contributed by atoms with E-state index in [0.717, 1.165) is 0 Å². The maximum Gasteiger partial charge on any atom is 0.336 e. The minimum atomic E-state index is -4.40. The predicted octanol–water partition coefficient (Wildman–Crippen LogP) is -0.173. The van der Waals surface area contributed by atoms with Gasteiger partial charge >= 0.3 is 19.5 Å². The quantitative estimate of drug-likeness (QED) is 0.292. The Bertz CT molecular complexity index is 329. The molecule has 8 heteroatoms. The maximum absolute atomic E-state index is 10.8. The molecule has 0 heterocycles. The zero-order valence-electron chi connectivity index (χ0n) is 8.71. The lowest BCUT2D eigenvalue weighted by Crippen LogP contribution is -2.16. The highest BCUT2D eigenvalue weighted by Crippen LogP contribution is 2.33. The van der Waals surface area contributed by atoms with E-state index in [4.69, 9.17) is 9.79 Å². The normalized spacial score (nSPS) is 10.7. The molecule has 0 aromatic carbocycles. The van der Waals surface area contributed by atoms with E-state index in [-0.39, 0.29) is 18.8 Å². The summed E-state index contributed by atoms with van der Waals surface area (Å²) in [6, 6.07) is 0. The Balaban J connectivity index is 3.68. The van der Waals surface area contributed by atoms with Crippen LogP contribution in [0.4, 0.5) is 0 Å². The molecule has 0 aliphatic carbocycles. The van der Waals surface area contributed by atoms with Gasteiger partial charge in [0.05, 0.1) is 0 Å². The zero-order valence-corrected chi connectivity index (χ0v) is 9.61. The van der Waals surface area contributed by atoms with Crippen molar-refractivity contribution >= 4 is 19.5 Å². The third-order valence-electron chi connectivity index (χ3n) is 1.26. The Morgan fingerprint density at radius 3 is 2.19 bits per heavy atom. The third-order valence-corrected chi connectivity index (χ3v) is 1.93. The second kappa shape index (κ2) is 6.42. The Labute approximate surface area is 92.2 Å². The Kier molecular flexibility index (Phi) is 5.95. The van der Waals surface area contributed by atoms with Gasteiger partial charge in [-0.2, -0.15) is 0 Å². The minimum Gasteiger partial charge on any atom is -0.462 e. The largest absolute Gasteiger partial charge is 0.462 e. The van der Waals surface area contributed by atoms with Crippen molar-refractivity contribution in [3.8, 4) is 0 Å². The molecule has 0 atom stereocenters. The van der Waals surface area contributed by atoms with Crippen molar-refractivity contribution < 1.29 is 33.4 Å². The number of hydrogen-bond donors (Lipinski definition) is 2. The summed E-state index contributed by atoms with van der Waals surface area (Å²) in [5.74, 6) is -1.66. The minimum absolute atomic E-state index is 0.182. The Morgan fingerprint density at radius 2 is 1.75 bits per heavy atom. The molecule has 0 amide bonds. The van der Waals surface area contributed by atoms with Gasteiger partial charge in [0.2, 0.25) is 0 Å². The van der Waals surface area contributed by atoms with Gasteiger partial charge in [0.1, 0.15) is 19.4 Å². The Hall–Kier alpha value is -1.17. The summed E-state index contributed by atoms with van der Waals surface area (Å²) in [6.45, 7) is 4.36. The van der Waals surface area contributed by atoms with Crippen LogP contribution in [0.2, 0.25) is 0 Å². The van der Waals surface area contributed by atoms with Crippen molar-refractivity contribution in [1.29, 1.82) is 0 Å². The smallest absolute Gasteiger partial charge is 0.336 e. The van der Waals surface area contributed by atoms with Gasteiger partial charge in [-0.3, -0.25) is 9.36 Å². The fourth-order valence-corrected chi connectivity index (χ4v) is 1.05. The van der Waals surface area contributed by atoms with Crippen LogP contribution in [-0.2, 0) is 23.6 Å². The summed E-state index contributed by atoms with van der Waals surface area (Å²) >= 11 is 0. The monoisotopic (exact) mass is 252 g/mol. The Morgan fingerprint density at radius 1 is 1.25 bits per heavy atom. The van der Waals surface area contributed by atoms with E-state index in [2.05, 4.69) is 16.1 Å². The first-order valence-corrected chi connectivity index (χ1v) is 6.05. The fraction of sp³-hybridized carbons (Fsp3) is 0.500. The molecular weight excluding hydrogens is 239 g/mol. The van der Waals surface area contributed by atoms with Gasteiger partial charge in [-0.1, -0.05) is 6.58 Å². The molecule has 92 valence electrons. The number of esters is 2. The SMILES string of the molecule is C=C(C)C(=O)OCCOC(=O)CP(=O)(O)O. The van der Waals surface area contributed by atoms with Crippen LogP contribution in [-0.4, -0.2) is 41.1 Å². The van der Waals surface area contributed by atoms with Crippen molar-refractivity contribution in [3.05, 3.63) is 12.2 Å². The lowest BCUT2D eigenvalue weighted by Gasteiger charge is -2.06.